The van der Waals surface area contributed by atoms with Gasteiger partial charge in [0.2, 0.25) is 21.8 Å². The van der Waals surface area contributed by atoms with E-state index < -0.39 is 22.0 Å². The Hall–Kier alpha value is -2.87. The quantitative estimate of drug-likeness (QED) is 0.642. The number of hydrogen-bond donors (Lipinski definition) is 1. The van der Waals surface area contributed by atoms with Gasteiger partial charge < -0.3 is 10.2 Å². The van der Waals surface area contributed by atoms with E-state index in [0.717, 1.165) is 27.3 Å². The fourth-order valence-electron chi connectivity index (χ4n) is 3.46. The first-order valence-electron chi connectivity index (χ1n) is 10.1. The van der Waals surface area contributed by atoms with Crippen molar-refractivity contribution in [1.29, 1.82) is 0 Å². The maximum Gasteiger partial charge on any atom is 0.244 e. The molecule has 7 nitrogen and oxygen atoms in total. The van der Waals surface area contributed by atoms with Crippen LogP contribution in [0.4, 0.5) is 5.69 Å². The van der Waals surface area contributed by atoms with Gasteiger partial charge in [0.15, 0.2) is 0 Å². The molecule has 8 heteroatoms. The molecule has 1 atom stereocenters. The fourth-order valence-corrected chi connectivity index (χ4v) is 4.37. The smallest absolute Gasteiger partial charge is 0.244 e. The maximum absolute atomic E-state index is 13.3. The summed E-state index contributed by atoms with van der Waals surface area (Å²) in [5.74, 6) is -0.740. The number of benzene rings is 2. The molecule has 0 aliphatic heterocycles. The highest BCUT2D eigenvalue weighted by Gasteiger charge is 2.29. The molecule has 2 rings (SSSR count). The second-order valence-corrected chi connectivity index (χ2v) is 9.58. The highest BCUT2D eigenvalue weighted by Crippen LogP contribution is 2.24. The molecule has 0 saturated heterocycles. The lowest BCUT2D eigenvalue weighted by Gasteiger charge is -2.31. The molecule has 0 heterocycles. The van der Waals surface area contributed by atoms with Crippen LogP contribution in [0.3, 0.4) is 0 Å². The first kappa shape index (κ1) is 24.4. The van der Waals surface area contributed by atoms with Gasteiger partial charge in [0.1, 0.15) is 12.6 Å². The predicted molar refractivity (Wildman–Crippen MR) is 123 cm³/mol. The molecular formula is C23H31N3O4S. The van der Waals surface area contributed by atoms with Crippen molar-refractivity contribution < 1.29 is 18.0 Å². The first-order chi connectivity index (χ1) is 14.5. The average molecular weight is 446 g/mol. The number of anilines is 1. The van der Waals surface area contributed by atoms with Crippen molar-refractivity contribution in [2.75, 3.05) is 30.7 Å². The van der Waals surface area contributed by atoms with Crippen molar-refractivity contribution in [3.8, 4) is 0 Å². The third kappa shape index (κ3) is 6.55. The van der Waals surface area contributed by atoms with Crippen LogP contribution < -0.4 is 9.62 Å². The summed E-state index contributed by atoms with van der Waals surface area (Å²) in [7, 11) is -2.20. The molecule has 0 fully saturated rings. The van der Waals surface area contributed by atoms with Crippen LogP contribution >= 0.6 is 0 Å². The lowest BCUT2D eigenvalue weighted by molar-refractivity contribution is -0.138. The summed E-state index contributed by atoms with van der Waals surface area (Å²) in [6.45, 7) is 5.29. The van der Waals surface area contributed by atoms with Crippen molar-refractivity contribution in [2.45, 2.75) is 33.2 Å². The van der Waals surface area contributed by atoms with Crippen molar-refractivity contribution in [3.63, 3.8) is 0 Å². The molecule has 0 spiro atoms. The van der Waals surface area contributed by atoms with E-state index in [-0.39, 0.29) is 12.5 Å². The van der Waals surface area contributed by atoms with Gasteiger partial charge in [0.05, 0.1) is 11.9 Å². The Morgan fingerprint density at radius 2 is 1.71 bits per heavy atom. The number of rotatable bonds is 9. The van der Waals surface area contributed by atoms with E-state index >= 15 is 0 Å². The third-order valence-corrected chi connectivity index (χ3v) is 6.32. The molecular weight excluding hydrogens is 414 g/mol. The van der Waals surface area contributed by atoms with Crippen LogP contribution in [0.1, 0.15) is 23.6 Å². The van der Waals surface area contributed by atoms with Crippen LogP contribution in [-0.2, 0) is 26.0 Å². The molecule has 1 N–H and O–H groups in total. The summed E-state index contributed by atoms with van der Waals surface area (Å²) < 4.78 is 26.2. The number of nitrogens with one attached hydrogen (secondary N) is 1. The molecule has 0 saturated carbocycles. The van der Waals surface area contributed by atoms with Crippen LogP contribution in [0.15, 0.2) is 48.5 Å². The molecule has 0 aliphatic rings. The van der Waals surface area contributed by atoms with E-state index in [1.54, 1.807) is 13.0 Å². The van der Waals surface area contributed by atoms with Crippen molar-refractivity contribution in [2.24, 2.45) is 0 Å². The van der Waals surface area contributed by atoms with E-state index in [9.17, 15) is 18.0 Å². The Morgan fingerprint density at radius 3 is 2.26 bits per heavy atom. The number of aryl methyl sites for hydroxylation is 2. The summed E-state index contributed by atoms with van der Waals surface area (Å²) in [4.78, 5) is 27.0. The second kappa shape index (κ2) is 10.4. The van der Waals surface area contributed by atoms with Gasteiger partial charge in [-0.1, -0.05) is 48.0 Å². The summed E-state index contributed by atoms with van der Waals surface area (Å²) >= 11 is 0. The predicted octanol–water partition coefficient (Wildman–Crippen LogP) is 2.28. The largest absolute Gasteiger partial charge is 0.357 e. The Kier molecular flexibility index (Phi) is 8.21. The Bertz CT molecular complexity index is 1020. The maximum atomic E-state index is 13.3. The normalized spacial score (nSPS) is 12.2. The van der Waals surface area contributed by atoms with Gasteiger partial charge in [-0.2, -0.15) is 0 Å². The number of amides is 2. The molecule has 168 valence electrons. The summed E-state index contributed by atoms with van der Waals surface area (Å²) in [6.07, 6.45) is 1.63. The molecule has 0 aliphatic carbocycles. The number of likely N-dealkylation sites (N-methyl/N-ethyl adjacent to an activating group) is 1. The Balaban J connectivity index is 2.32. The van der Waals surface area contributed by atoms with E-state index in [1.807, 2.05) is 56.3 Å². The number of hydrogen-bond acceptors (Lipinski definition) is 4. The lowest BCUT2D eigenvalue weighted by atomic mass is 10.1. The zero-order valence-corrected chi connectivity index (χ0v) is 19.6. The first-order valence-corrected chi connectivity index (χ1v) is 12.0. The minimum Gasteiger partial charge on any atom is -0.357 e. The minimum atomic E-state index is -3.72. The van der Waals surface area contributed by atoms with E-state index in [0.29, 0.717) is 18.7 Å². The van der Waals surface area contributed by atoms with E-state index in [4.69, 9.17) is 0 Å². The average Bonchev–Trinajstić information content (AvgIpc) is 2.72. The van der Waals surface area contributed by atoms with Crippen LogP contribution in [-0.4, -0.2) is 57.6 Å². The highest BCUT2D eigenvalue weighted by molar-refractivity contribution is 7.92. The van der Waals surface area contributed by atoms with Gasteiger partial charge in [0, 0.05) is 13.6 Å². The number of carbonyl (C=O) groups is 2. The second-order valence-electron chi connectivity index (χ2n) is 7.67. The molecule has 2 aromatic carbocycles. The number of nitrogens with zero attached hydrogens (tertiary/aromatic N) is 2. The van der Waals surface area contributed by atoms with Gasteiger partial charge in [-0.25, -0.2) is 8.42 Å². The molecule has 2 aromatic rings. The van der Waals surface area contributed by atoms with E-state index in [2.05, 4.69) is 5.32 Å². The summed E-state index contributed by atoms with van der Waals surface area (Å²) in [5, 5.41) is 2.56. The van der Waals surface area contributed by atoms with Crippen LogP contribution in [0.2, 0.25) is 0 Å². The van der Waals surface area contributed by atoms with Gasteiger partial charge in [-0.3, -0.25) is 13.9 Å². The lowest BCUT2D eigenvalue weighted by Crippen LogP contribution is -2.51. The van der Waals surface area contributed by atoms with Crippen molar-refractivity contribution >= 4 is 27.5 Å². The van der Waals surface area contributed by atoms with Crippen LogP contribution in [0, 0.1) is 13.8 Å². The fraction of sp³-hybridized carbons (Fsp3) is 0.391. The Morgan fingerprint density at radius 1 is 1.06 bits per heavy atom. The van der Waals surface area contributed by atoms with Crippen LogP contribution in [0.5, 0.6) is 0 Å². The van der Waals surface area contributed by atoms with Gasteiger partial charge in [0.25, 0.3) is 0 Å². The topological polar surface area (TPSA) is 86.8 Å². The molecule has 0 aromatic heterocycles. The molecule has 0 bridgehead atoms. The standard InChI is InChI=1S/C23H31N3O4S/c1-17-11-12-21(18(2)15-17)26(31(5,29)30)16-22(27)25(19(3)23(28)24-4)14-13-20-9-7-6-8-10-20/h6-12,15,19H,13-14,16H2,1-5H3,(H,24,28)/t19-/m1/s1. The SMILES string of the molecule is CNC(=O)[C@@H](C)N(CCc1ccccc1)C(=O)CN(c1ccc(C)cc1C)S(C)(=O)=O. The monoisotopic (exact) mass is 445 g/mol. The third-order valence-electron chi connectivity index (χ3n) is 5.20. The zero-order valence-electron chi connectivity index (χ0n) is 18.8. The molecule has 0 radical (unpaired) electrons. The Labute approximate surface area is 185 Å². The molecule has 0 unspecified atom stereocenters. The zero-order chi connectivity index (χ0) is 23.2. The number of carbonyl (C=O) groups excluding carboxylic acids is 2. The summed E-state index contributed by atoms with van der Waals surface area (Å²) in [5.41, 5.74) is 3.24. The van der Waals surface area contributed by atoms with Crippen molar-refractivity contribution in [1.82, 2.24) is 10.2 Å². The van der Waals surface area contributed by atoms with Gasteiger partial charge in [-0.05, 0) is 44.4 Å². The number of sulfonamides is 1. The highest BCUT2D eigenvalue weighted by atomic mass is 32.2. The molecule has 31 heavy (non-hydrogen) atoms. The van der Waals surface area contributed by atoms with Crippen LogP contribution in [0.25, 0.3) is 0 Å². The minimum absolute atomic E-state index is 0.294. The summed E-state index contributed by atoms with van der Waals surface area (Å²) in [6, 6.07) is 14.3. The molecule has 2 amide bonds. The van der Waals surface area contributed by atoms with Gasteiger partial charge in [-0.15, -0.1) is 0 Å². The van der Waals surface area contributed by atoms with Gasteiger partial charge >= 0.3 is 0 Å². The van der Waals surface area contributed by atoms with Crippen molar-refractivity contribution in [3.05, 3.63) is 65.2 Å². The van der Waals surface area contributed by atoms with E-state index in [1.165, 1.54) is 11.9 Å².